The number of nitrogens with one attached hydrogen (secondary N) is 2. The molecule has 4 heterocycles. The Kier molecular flexibility index (Phi) is 6.20. The van der Waals surface area contributed by atoms with E-state index in [4.69, 9.17) is 4.74 Å². The zero-order valence-electron chi connectivity index (χ0n) is 20.3. The second-order valence-corrected chi connectivity index (χ2v) is 10.6. The fourth-order valence-electron chi connectivity index (χ4n) is 4.74. The summed E-state index contributed by atoms with van der Waals surface area (Å²) >= 11 is 0.838. The molecule has 3 fully saturated rings. The van der Waals surface area contributed by atoms with Crippen LogP contribution in [-0.4, -0.2) is 58.2 Å². The molecule has 0 bridgehead atoms. The molecule has 2 aromatic carbocycles. The highest BCUT2D eigenvalue weighted by Gasteiger charge is 2.54. The van der Waals surface area contributed by atoms with Gasteiger partial charge >= 0.3 is 6.03 Å². The van der Waals surface area contributed by atoms with Crippen molar-refractivity contribution in [3.8, 4) is 5.88 Å². The summed E-state index contributed by atoms with van der Waals surface area (Å²) in [4.78, 5) is 49.6. The lowest BCUT2D eigenvalue weighted by Crippen LogP contribution is -2.73. The van der Waals surface area contributed by atoms with Gasteiger partial charge in [-0.3, -0.25) is 14.9 Å². The molecule has 3 aliphatic rings. The third-order valence-corrected chi connectivity index (χ3v) is 7.37. The number of ether oxygens (including phenoxy) is 1. The van der Waals surface area contributed by atoms with E-state index in [0.29, 0.717) is 50.3 Å². The van der Waals surface area contributed by atoms with Crippen LogP contribution >= 0.6 is 11.8 Å². The number of imide groups is 1. The van der Waals surface area contributed by atoms with Gasteiger partial charge in [0, 0.05) is 43.3 Å². The number of amides is 4. The minimum absolute atomic E-state index is 0.00449. The van der Waals surface area contributed by atoms with Crippen molar-refractivity contribution in [1.82, 2.24) is 20.2 Å². The predicted molar refractivity (Wildman–Crippen MR) is 144 cm³/mol. The number of hydrogen-bond donors (Lipinski definition) is 2. The first kappa shape index (κ1) is 24.0. The Bertz CT molecular complexity index is 1420. The summed E-state index contributed by atoms with van der Waals surface area (Å²) in [5.41, 5.74) is 2.25. The third kappa shape index (κ3) is 5.05. The number of para-hydroxylation sites is 1. The quantitative estimate of drug-likeness (QED) is 0.465. The van der Waals surface area contributed by atoms with Crippen LogP contribution in [0.5, 0.6) is 5.88 Å². The molecule has 10 nitrogen and oxygen atoms in total. The number of aromatic nitrogens is 2. The Hall–Kier alpha value is -4.38. The highest BCUT2D eigenvalue weighted by atomic mass is 32.2. The van der Waals surface area contributed by atoms with Crippen molar-refractivity contribution in [2.24, 2.45) is 5.41 Å². The number of carbonyl (C=O) groups excluding carboxylic acids is 3. The fraction of sp³-hybridized carbons (Fsp3) is 0.222. The molecule has 1 aromatic heterocycles. The number of nitrogens with zero attached hydrogens (tertiary/aromatic N) is 4. The van der Waals surface area contributed by atoms with Crippen molar-refractivity contribution in [3.05, 3.63) is 82.9 Å². The van der Waals surface area contributed by atoms with Gasteiger partial charge in [-0.15, -0.1) is 0 Å². The van der Waals surface area contributed by atoms with E-state index < -0.39 is 11.1 Å². The smallest absolute Gasteiger partial charge is 0.321 e. The van der Waals surface area contributed by atoms with Crippen LogP contribution in [0.3, 0.4) is 0 Å². The van der Waals surface area contributed by atoms with Gasteiger partial charge in [-0.25, -0.2) is 9.78 Å². The van der Waals surface area contributed by atoms with Crippen LogP contribution < -0.4 is 20.3 Å². The molecule has 0 saturated carbocycles. The summed E-state index contributed by atoms with van der Waals surface area (Å²) in [6.45, 7) is 3.04. The molecular formula is C27H24N6O4S. The molecule has 6 rings (SSSR count). The van der Waals surface area contributed by atoms with Crippen molar-refractivity contribution in [2.45, 2.75) is 6.61 Å². The molecule has 3 saturated heterocycles. The summed E-state index contributed by atoms with van der Waals surface area (Å²) < 4.78 is 5.96. The average molecular weight is 529 g/mol. The van der Waals surface area contributed by atoms with Gasteiger partial charge in [-0.05, 0) is 35.5 Å². The first-order valence-electron chi connectivity index (χ1n) is 12.1. The third-order valence-electron chi connectivity index (χ3n) is 6.56. The Balaban J connectivity index is 1.14. The van der Waals surface area contributed by atoms with Crippen LogP contribution in [0.25, 0.3) is 6.08 Å². The molecule has 0 atom stereocenters. The summed E-state index contributed by atoms with van der Waals surface area (Å²) in [6.07, 6.45) is 1.57. The first-order valence-corrected chi connectivity index (χ1v) is 12.9. The second-order valence-electron chi connectivity index (χ2n) is 9.57. The van der Waals surface area contributed by atoms with Crippen molar-refractivity contribution in [1.29, 1.82) is 0 Å². The molecule has 0 aliphatic carbocycles. The number of likely N-dealkylation sites (tertiary alicyclic amines) is 1. The van der Waals surface area contributed by atoms with Gasteiger partial charge in [-0.2, -0.15) is 4.98 Å². The van der Waals surface area contributed by atoms with Crippen LogP contribution in [0.4, 0.5) is 21.2 Å². The van der Waals surface area contributed by atoms with E-state index in [2.05, 4.69) is 20.6 Å². The normalized spacial score (nSPS) is 18.7. The molecule has 0 radical (unpaired) electrons. The molecule has 192 valence electrons. The number of urea groups is 1. The topological polar surface area (TPSA) is 117 Å². The summed E-state index contributed by atoms with van der Waals surface area (Å²) in [7, 11) is 0. The number of anilines is 2. The Morgan fingerprint density at radius 3 is 2.42 bits per heavy atom. The summed E-state index contributed by atoms with van der Waals surface area (Å²) in [5.74, 6) is 0.409. The molecule has 3 aromatic rings. The number of benzene rings is 2. The Labute approximate surface area is 223 Å². The van der Waals surface area contributed by atoms with E-state index in [1.807, 2.05) is 65.6 Å². The van der Waals surface area contributed by atoms with Crippen LogP contribution in [0.1, 0.15) is 11.3 Å². The molecule has 38 heavy (non-hydrogen) atoms. The van der Waals surface area contributed by atoms with E-state index in [-0.39, 0.29) is 16.4 Å². The first-order chi connectivity index (χ1) is 18.4. The van der Waals surface area contributed by atoms with E-state index >= 15 is 0 Å². The van der Waals surface area contributed by atoms with Crippen LogP contribution in [0, 0.1) is 5.41 Å². The highest BCUT2D eigenvalue weighted by Crippen LogP contribution is 2.41. The van der Waals surface area contributed by atoms with Gasteiger partial charge in [0.15, 0.2) is 0 Å². The lowest BCUT2D eigenvalue weighted by atomic mass is 9.73. The molecule has 0 unspecified atom stereocenters. The maximum atomic E-state index is 12.6. The molecule has 1 spiro atoms. The van der Waals surface area contributed by atoms with Gasteiger partial charge in [-0.1, -0.05) is 48.5 Å². The lowest BCUT2D eigenvalue weighted by Gasteiger charge is -2.59. The number of carbonyl (C=O) groups is 3. The number of hydrogen-bond acceptors (Lipinski definition) is 8. The maximum Gasteiger partial charge on any atom is 0.321 e. The molecule has 4 amide bonds. The summed E-state index contributed by atoms with van der Waals surface area (Å²) in [6, 6.07) is 20.7. The molecule has 3 aliphatic heterocycles. The predicted octanol–water partition coefficient (Wildman–Crippen LogP) is 3.73. The van der Waals surface area contributed by atoms with E-state index in [9.17, 15) is 14.4 Å². The Morgan fingerprint density at radius 1 is 1.03 bits per heavy atom. The monoisotopic (exact) mass is 528 g/mol. The zero-order valence-corrected chi connectivity index (χ0v) is 21.1. The summed E-state index contributed by atoms with van der Waals surface area (Å²) in [5, 5.41) is 4.77. The zero-order chi connectivity index (χ0) is 26.1. The molecular weight excluding hydrogens is 504 g/mol. The van der Waals surface area contributed by atoms with E-state index in [1.54, 1.807) is 17.0 Å². The highest BCUT2D eigenvalue weighted by molar-refractivity contribution is 8.18. The number of thioether (sulfide) groups is 1. The fourth-order valence-corrected chi connectivity index (χ4v) is 5.41. The van der Waals surface area contributed by atoms with Crippen molar-refractivity contribution in [3.63, 3.8) is 0 Å². The van der Waals surface area contributed by atoms with Gasteiger partial charge < -0.3 is 19.9 Å². The van der Waals surface area contributed by atoms with Crippen LogP contribution in [-0.2, 0) is 11.4 Å². The van der Waals surface area contributed by atoms with Crippen molar-refractivity contribution in [2.75, 3.05) is 36.4 Å². The average Bonchev–Trinajstić information content (AvgIpc) is 3.18. The SMILES string of the molecule is O=C1NC(=O)/C(=C\c2cc(OCc3ccccc3)nc(N3CC4(CN(C(=O)Nc5ccccc5)C4)C3)n2)S1. The molecule has 2 N–H and O–H groups in total. The van der Waals surface area contributed by atoms with Crippen LogP contribution in [0.15, 0.2) is 71.6 Å². The lowest BCUT2D eigenvalue weighted by molar-refractivity contribution is -0.115. The Morgan fingerprint density at radius 2 is 1.74 bits per heavy atom. The van der Waals surface area contributed by atoms with Crippen LogP contribution in [0.2, 0.25) is 0 Å². The minimum Gasteiger partial charge on any atom is -0.473 e. The maximum absolute atomic E-state index is 12.6. The standard InChI is InChI=1S/C27H24N6O4S/c34-23-21(38-26(36)31-23)11-20-12-22(37-13-18-7-3-1-4-8-18)30-24(28-20)32-14-27(15-32)16-33(17-27)25(35)29-19-9-5-2-6-10-19/h1-12H,13-17H2,(H,29,35)(H,31,34,36)/b21-11+. The minimum atomic E-state index is -0.446. The van der Waals surface area contributed by atoms with Crippen molar-refractivity contribution < 1.29 is 19.1 Å². The van der Waals surface area contributed by atoms with E-state index in [0.717, 1.165) is 23.0 Å². The van der Waals surface area contributed by atoms with Crippen molar-refractivity contribution >= 4 is 46.7 Å². The van der Waals surface area contributed by atoms with Gasteiger partial charge in [0.25, 0.3) is 11.1 Å². The van der Waals surface area contributed by atoms with Gasteiger partial charge in [0.1, 0.15) is 6.61 Å². The molecule has 11 heteroatoms. The van der Waals surface area contributed by atoms with Gasteiger partial charge in [0.2, 0.25) is 11.8 Å². The second kappa shape index (κ2) is 9.82. The van der Waals surface area contributed by atoms with Gasteiger partial charge in [0.05, 0.1) is 10.6 Å². The van der Waals surface area contributed by atoms with E-state index in [1.165, 1.54) is 0 Å². The largest absolute Gasteiger partial charge is 0.473 e. The number of rotatable bonds is 6.